The Morgan fingerprint density at radius 2 is 1.51 bits per heavy atom. The van der Waals surface area contributed by atoms with Crippen molar-refractivity contribution >= 4 is 58.2 Å². The number of hydrogen-bond donors (Lipinski definition) is 3. The third kappa shape index (κ3) is 6.27. The standard InChI is InChI=1S/C21H15Cl3F7N3O/c1-10(35)33-8-12-4-11(2-3-15(12)22)13(7-32)9-34-18-16(23)5-14(6-17(18)24)19(25,20(26,27)28)21(29,30)31/h2-7,9,32,34H,8H2,1H3,(H,33,35)/p+1. The lowest BCUT2D eigenvalue weighted by Crippen LogP contribution is -2.71. The van der Waals surface area contributed by atoms with Gasteiger partial charge in [-0.05, 0) is 35.4 Å². The predicted octanol–water partition coefficient (Wildman–Crippen LogP) is 6.46. The van der Waals surface area contributed by atoms with Crippen LogP contribution in [-0.4, -0.2) is 24.5 Å². The summed E-state index contributed by atoms with van der Waals surface area (Å²) in [6.45, 7) is 1.41. The van der Waals surface area contributed by atoms with Gasteiger partial charge in [0.15, 0.2) is 5.69 Å². The lowest BCUT2D eigenvalue weighted by atomic mass is 9.94. The van der Waals surface area contributed by atoms with Crippen LogP contribution in [0.3, 0.4) is 0 Å². The number of rotatable bonds is 7. The number of nitrogens with one attached hydrogen (secondary N) is 2. The summed E-state index contributed by atoms with van der Waals surface area (Å²) in [6, 6.07) is 5.02. The van der Waals surface area contributed by atoms with Crippen LogP contribution in [0, 0.1) is 5.41 Å². The fourth-order valence-corrected chi connectivity index (χ4v) is 3.74. The fourth-order valence-electron chi connectivity index (χ4n) is 2.94. The zero-order valence-electron chi connectivity index (χ0n) is 17.5. The van der Waals surface area contributed by atoms with Crippen molar-refractivity contribution < 1.29 is 40.8 Å². The molecule has 0 heterocycles. The molecule has 0 radical (unpaired) electrons. The number of halogens is 10. The van der Waals surface area contributed by atoms with Gasteiger partial charge in [0.25, 0.3) is 0 Å². The van der Waals surface area contributed by atoms with E-state index in [-0.39, 0.29) is 35.8 Å². The van der Waals surface area contributed by atoms with E-state index >= 15 is 0 Å². The highest BCUT2D eigenvalue weighted by molar-refractivity contribution is 6.38. The molecular formula is C21H16Cl3F7N3O+. The van der Waals surface area contributed by atoms with Gasteiger partial charge in [-0.2, -0.15) is 26.3 Å². The summed E-state index contributed by atoms with van der Waals surface area (Å²) in [5.41, 5.74) is -6.51. The smallest absolute Gasteiger partial charge is 0.352 e. The van der Waals surface area contributed by atoms with Crippen LogP contribution in [0.15, 0.2) is 36.5 Å². The van der Waals surface area contributed by atoms with Crippen molar-refractivity contribution in [1.82, 2.24) is 5.32 Å². The maximum atomic E-state index is 14.3. The van der Waals surface area contributed by atoms with Crippen LogP contribution in [0.5, 0.6) is 0 Å². The predicted molar refractivity (Wildman–Crippen MR) is 119 cm³/mol. The number of allylic oxidation sites excluding steroid dienone is 1. The highest BCUT2D eigenvalue weighted by Crippen LogP contribution is 2.54. The summed E-state index contributed by atoms with van der Waals surface area (Å²) in [6.07, 6.45) is -10.4. The van der Waals surface area contributed by atoms with Gasteiger partial charge in [0.2, 0.25) is 5.91 Å². The summed E-state index contributed by atoms with van der Waals surface area (Å²) in [4.78, 5) is 11.1. The number of carbonyl (C=O) groups excluding carboxylic acids is 1. The van der Waals surface area contributed by atoms with Crippen molar-refractivity contribution in [3.8, 4) is 0 Å². The zero-order valence-corrected chi connectivity index (χ0v) is 19.8. The van der Waals surface area contributed by atoms with E-state index in [1.54, 1.807) is 12.1 Å². The SMILES string of the molecule is CC(=O)NCc1cc(C(C=N)=C[NH2+]c2c(Cl)cc(C(F)(C(F)(F)F)C(F)(F)F)cc2Cl)ccc1Cl. The number of quaternary nitrogens is 1. The zero-order chi connectivity index (χ0) is 26.8. The topological polar surface area (TPSA) is 69.6 Å². The average molecular weight is 566 g/mol. The number of benzene rings is 2. The van der Waals surface area contributed by atoms with E-state index in [4.69, 9.17) is 40.2 Å². The minimum absolute atomic E-state index is 0.0967. The highest BCUT2D eigenvalue weighted by atomic mass is 35.5. The third-order valence-corrected chi connectivity index (χ3v) is 5.74. The molecular weight excluding hydrogens is 550 g/mol. The van der Waals surface area contributed by atoms with Crippen LogP contribution in [0.25, 0.3) is 5.57 Å². The van der Waals surface area contributed by atoms with E-state index in [1.807, 2.05) is 0 Å². The molecule has 4 nitrogen and oxygen atoms in total. The van der Waals surface area contributed by atoms with Gasteiger partial charge in [0, 0.05) is 30.3 Å². The third-order valence-electron chi connectivity index (χ3n) is 4.75. The van der Waals surface area contributed by atoms with E-state index in [0.29, 0.717) is 16.1 Å². The van der Waals surface area contributed by atoms with Gasteiger partial charge in [-0.3, -0.25) is 10.1 Å². The molecule has 2 aromatic carbocycles. The molecule has 0 saturated heterocycles. The molecule has 190 valence electrons. The van der Waals surface area contributed by atoms with Crippen LogP contribution in [-0.2, 0) is 17.0 Å². The van der Waals surface area contributed by atoms with Gasteiger partial charge < -0.3 is 10.7 Å². The van der Waals surface area contributed by atoms with Crippen LogP contribution >= 0.6 is 34.8 Å². The quantitative estimate of drug-likeness (QED) is 0.201. The molecule has 0 aliphatic carbocycles. The number of alkyl halides is 7. The van der Waals surface area contributed by atoms with E-state index in [2.05, 4.69) is 5.32 Å². The van der Waals surface area contributed by atoms with Crippen molar-refractivity contribution in [2.45, 2.75) is 31.5 Å². The lowest BCUT2D eigenvalue weighted by molar-refractivity contribution is -0.495. The second-order valence-electron chi connectivity index (χ2n) is 7.16. The Hall–Kier alpha value is -2.34. The molecule has 0 fully saturated rings. The van der Waals surface area contributed by atoms with Crippen molar-refractivity contribution in [3.63, 3.8) is 0 Å². The van der Waals surface area contributed by atoms with Gasteiger partial charge in [0.1, 0.15) is 16.2 Å². The molecule has 0 aliphatic rings. The minimum atomic E-state index is -6.32. The van der Waals surface area contributed by atoms with Crippen molar-refractivity contribution in [2.75, 3.05) is 0 Å². The first kappa shape index (κ1) is 28.9. The molecule has 35 heavy (non-hydrogen) atoms. The van der Waals surface area contributed by atoms with E-state index < -0.39 is 33.6 Å². The Labute approximate surface area is 209 Å². The molecule has 2 aromatic rings. The summed E-state index contributed by atoms with van der Waals surface area (Å²) in [5, 5.41) is 10.3. The van der Waals surface area contributed by atoms with Crippen LogP contribution in [0.1, 0.15) is 23.6 Å². The van der Waals surface area contributed by atoms with E-state index in [0.717, 1.165) is 11.5 Å². The molecule has 0 saturated carbocycles. The van der Waals surface area contributed by atoms with Crippen molar-refractivity contribution in [3.05, 3.63) is 68.3 Å². The summed E-state index contributed by atoms with van der Waals surface area (Å²) in [5.74, 6) is -0.302. The Kier molecular flexibility index (Phi) is 8.86. The molecule has 0 spiro atoms. The number of nitrogens with two attached hydrogens (primary N) is 1. The Balaban J connectivity index is 2.45. The Morgan fingerprint density at radius 3 is 1.97 bits per heavy atom. The number of hydrogen-bond acceptors (Lipinski definition) is 2. The lowest BCUT2D eigenvalue weighted by Gasteiger charge is -2.30. The molecule has 0 atom stereocenters. The monoisotopic (exact) mass is 564 g/mol. The van der Waals surface area contributed by atoms with Gasteiger partial charge in [-0.15, -0.1) is 0 Å². The second kappa shape index (κ2) is 10.7. The van der Waals surface area contributed by atoms with Crippen LogP contribution < -0.4 is 10.6 Å². The largest absolute Gasteiger partial charge is 0.435 e. The van der Waals surface area contributed by atoms with Crippen molar-refractivity contribution in [2.24, 2.45) is 0 Å². The normalized spacial score (nSPS) is 13.1. The molecule has 4 N–H and O–H groups in total. The summed E-state index contributed by atoms with van der Waals surface area (Å²) >= 11 is 17.8. The Morgan fingerprint density at radius 1 is 0.971 bits per heavy atom. The molecule has 2 rings (SSSR count). The molecule has 0 aromatic heterocycles. The second-order valence-corrected chi connectivity index (χ2v) is 8.38. The number of amides is 1. The van der Waals surface area contributed by atoms with E-state index in [1.165, 1.54) is 19.2 Å². The van der Waals surface area contributed by atoms with Gasteiger partial charge >= 0.3 is 18.0 Å². The van der Waals surface area contributed by atoms with Gasteiger partial charge in [-0.1, -0.05) is 40.9 Å². The first-order valence-electron chi connectivity index (χ1n) is 9.43. The van der Waals surface area contributed by atoms with Gasteiger partial charge in [0.05, 0.1) is 5.57 Å². The maximum Gasteiger partial charge on any atom is 0.435 e. The molecule has 0 unspecified atom stereocenters. The fraction of sp³-hybridized carbons (Fsp3) is 0.238. The van der Waals surface area contributed by atoms with Crippen molar-refractivity contribution in [1.29, 1.82) is 5.41 Å². The molecule has 0 aliphatic heterocycles. The Bertz CT molecular complexity index is 1130. The summed E-state index contributed by atoms with van der Waals surface area (Å²) in [7, 11) is 0. The van der Waals surface area contributed by atoms with Crippen LogP contribution in [0.2, 0.25) is 15.1 Å². The molecule has 0 bridgehead atoms. The van der Waals surface area contributed by atoms with E-state index in [9.17, 15) is 35.5 Å². The first-order valence-corrected chi connectivity index (χ1v) is 10.6. The molecule has 14 heteroatoms. The first-order chi connectivity index (χ1) is 16.0. The van der Waals surface area contributed by atoms with Crippen LogP contribution in [0.4, 0.5) is 36.4 Å². The number of carbonyl (C=O) groups is 1. The molecule has 1 amide bonds. The maximum absolute atomic E-state index is 14.3. The average Bonchev–Trinajstić information content (AvgIpc) is 2.73. The summed E-state index contributed by atoms with van der Waals surface area (Å²) < 4.78 is 92.6. The van der Waals surface area contributed by atoms with Gasteiger partial charge in [-0.25, -0.2) is 4.39 Å². The highest BCUT2D eigenvalue weighted by Gasteiger charge is 2.73. The minimum Gasteiger partial charge on any atom is -0.352 e.